The Bertz CT molecular complexity index is 730. The van der Waals surface area contributed by atoms with Crippen LogP contribution < -0.4 is 4.72 Å². The Kier molecular flexibility index (Phi) is 4.37. The summed E-state index contributed by atoms with van der Waals surface area (Å²) in [5.41, 5.74) is 1.38. The van der Waals surface area contributed by atoms with E-state index in [9.17, 15) is 8.42 Å². The SMILES string of the molecule is O=S(=O)(NCCC1=CCCCC1)c1cc2cnccc2s1. The maximum atomic E-state index is 12.3. The van der Waals surface area contributed by atoms with Gasteiger partial charge in [-0.2, -0.15) is 0 Å². The zero-order valence-electron chi connectivity index (χ0n) is 11.7. The molecule has 0 saturated heterocycles. The van der Waals surface area contributed by atoms with Crippen molar-refractivity contribution < 1.29 is 8.42 Å². The zero-order valence-corrected chi connectivity index (χ0v) is 13.3. The molecule has 6 heteroatoms. The van der Waals surface area contributed by atoms with Crippen molar-refractivity contribution in [2.75, 3.05) is 6.54 Å². The lowest BCUT2D eigenvalue weighted by molar-refractivity contribution is 0.581. The van der Waals surface area contributed by atoms with Crippen LogP contribution in [0.2, 0.25) is 0 Å². The number of allylic oxidation sites excluding steroid dienone is 1. The second-order valence-electron chi connectivity index (χ2n) is 5.23. The maximum Gasteiger partial charge on any atom is 0.250 e. The van der Waals surface area contributed by atoms with Crippen LogP contribution in [0, 0.1) is 0 Å². The summed E-state index contributed by atoms with van der Waals surface area (Å²) < 4.78 is 28.6. The minimum atomic E-state index is -3.41. The van der Waals surface area contributed by atoms with Crippen molar-refractivity contribution in [3.05, 3.63) is 36.2 Å². The lowest BCUT2D eigenvalue weighted by Crippen LogP contribution is -2.24. The summed E-state index contributed by atoms with van der Waals surface area (Å²) in [7, 11) is -3.41. The smallest absolute Gasteiger partial charge is 0.250 e. The first kappa shape index (κ1) is 14.7. The van der Waals surface area contributed by atoms with Crippen molar-refractivity contribution in [3.63, 3.8) is 0 Å². The van der Waals surface area contributed by atoms with Gasteiger partial charge in [-0.25, -0.2) is 13.1 Å². The van der Waals surface area contributed by atoms with Gasteiger partial charge in [-0.3, -0.25) is 4.98 Å². The molecule has 1 aliphatic rings. The number of pyridine rings is 1. The molecule has 4 nitrogen and oxygen atoms in total. The first-order valence-corrected chi connectivity index (χ1v) is 9.46. The highest BCUT2D eigenvalue weighted by Gasteiger charge is 2.17. The Morgan fingerprint density at radius 1 is 1.33 bits per heavy atom. The van der Waals surface area contributed by atoms with Gasteiger partial charge in [0.05, 0.1) is 0 Å². The van der Waals surface area contributed by atoms with E-state index in [0.29, 0.717) is 10.8 Å². The van der Waals surface area contributed by atoms with Crippen molar-refractivity contribution >= 4 is 31.4 Å². The van der Waals surface area contributed by atoms with Gasteiger partial charge in [0, 0.05) is 29.0 Å². The van der Waals surface area contributed by atoms with Crippen molar-refractivity contribution in [2.24, 2.45) is 0 Å². The van der Waals surface area contributed by atoms with E-state index in [2.05, 4.69) is 15.8 Å². The summed E-state index contributed by atoms with van der Waals surface area (Å²) in [6, 6.07) is 3.53. The van der Waals surface area contributed by atoms with Crippen molar-refractivity contribution in [1.82, 2.24) is 9.71 Å². The highest BCUT2D eigenvalue weighted by Crippen LogP contribution is 2.28. The Morgan fingerprint density at radius 2 is 2.24 bits per heavy atom. The number of thiophene rings is 1. The van der Waals surface area contributed by atoms with Crippen LogP contribution in [-0.2, 0) is 10.0 Å². The molecule has 1 aliphatic carbocycles. The second-order valence-corrected chi connectivity index (χ2v) is 8.31. The van der Waals surface area contributed by atoms with Crippen molar-refractivity contribution in [3.8, 4) is 0 Å². The van der Waals surface area contributed by atoms with Gasteiger partial charge in [-0.1, -0.05) is 11.6 Å². The number of hydrogen-bond acceptors (Lipinski definition) is 4. The molecule has 2 aromatic rings. The predicted molar refractivity (Wildman–Crippen MR) is 86.0 cm³/mol. The summed E-state index contributed by atoms with van der Waals surface area (Å²) in [6.45, 7) is 0.473. The first-order chi connectivity index (χ1) is 10.1. The number of aromatic nitrogens is 1. The fourth-order valence-electron chi connectivity index (χ4n) is 2.54. The molecule has 0 spiro atoms. The van der Waals surface area contributed by atoms with Gasteiger partial charge in [0.1, 0.15) is 4.21 Å². The number of rotatable bonds is 5. The Labute approximate surface area is 129 Å². The molecule has 112 valence electrons. The fraction of sp³-hybridized carbons (Fsp3) is 0.400. The molecule has 0 radical (unpaired) electrons. The van der Waals surface area contributed by atoms with E-state index in [-0.39, 0.29) is 0 Å². The highest BCUT2D eigenvalue weighted by molar-refractivity contribution is 7.91. The summed E-state index contributed by atoms with van der Waals surface area (Å²) in [5.74, 6) is 0. The molecule has 0 fully saturated rings. The summed E-state index contributed by atoms with van der Waals surface area (Å²) in [4.78, 5) is 4.02. The van der Waals surface area contributed by atoms with Crippen molar-refractivity contribution in [2.45, 2.75) is 36.3 Å². The molecule has 0 atom stereocenters. The third-order valence-electron chi connectivity index (χ3n) is 3.68. The molecule has 0 amide bonds. The molecule has 0 aliphatic heterocycles. The van der Waals surface area contributed by atoms with Gasteiger partial charge in [0.15, 0.2) is 0 Å². The molecule has 0 bridgehead atoms. The van der Waals surface area contributed by atoms with E-state index >= 15 is 0 Å². The van der Waals surface area contributed by atoms with Crippen LogP contribution in [0.25, 0.3) is 10.1 Å². The van der Waals surface area contributed by atoms with Gasteiger partial charge < -0.3 is 0 Å². The normalized spacial score (nSPS) is 16.1. The molecule has 21 heavy (non-hydrogen) atoms. The third kappa shape index (κ3) is 3.51. The average molecular weight is 322 g/mol. The van der Waals surface area contributed by atoms with Crippen LogP contribution in [0.3, 0.4) is 0 Å². The standard InChI is InChI=1S/C15H18N2O2S2/c18-21(19,17-9-6-12-4-2-1-3-5-12)15-10-13-11-16-8-7-14(13)20-15/h4,7-8,10-11,17H,1-3,5-6,9H2. The fourth-order valence-corrected chi connectivity index (χ4v) is 4.98. The van der Waals surface area contributed by atoms with Gasteiger partial charge in [0.2, 0.25) is 10.0 Å². The van der Waals surface area contributed by atoms with Crippen LogP contribution in [-0.4, -0.2) is 19.9 Å². The number of sulfonamides is 1. The Morgan fingerprint density at radius 3 is 3.00 bits per heavy atom. The number of nitrogens with zero attached hydrogens (tertiary/aromatic N) is 1. The lowest BCUT2D eigenvalue weighted by atomic mass is 9.97. The number of nitrogens with one attached hydrogen (secondary N) is 1. The van der Waals surface area contributed by atoms with Crippen LogP contribution in [0.1, 0.15) is 32.1 Å². The van der Waals surface area contributed by atoms with E-state index in [1.54, 1.807) is 18.5 Å². The largest absolute Gasteiger partial charge is 0.264 e. The molecule has 2 heterocycles. The number of fused-ring (bicyclic) bond motifs is 1. The van der Waals surface area contributed by atoms with Crippen LogP contribution in [0.5, 0.6) is 0 Å². The second kappa shape index (κ2) is 6.25. The zero-order chi connectivity index (χ0) is 14.7. The molecule has 0 unspecified atom stereocenters. The summed E-state index contributed by atoms with van der Waals surface area (Å²) in [6.07, 6.45) is 11.2. The van der Waals surface area contributed by atoms with Crippen LogP contribution >= 0.6 is 11.3 Å². The molecular formula is C15H18N2O2S2. The third-order valence-corrected chi connectivity index (χ3v) is 6.73. The van der Waals surface area contributed by atoms with Crippen molar-refractivity contribution in [1.29, 1.82) is 0 Å². The van der Waals surface area contributed by atoms with E-state index in [0.717, 1.165) is 29.3 Å². The predicted octanol–water partition coefficient (Wildman–Crippen LogP) is 3.47. The average Bonchev–Trinajstić information content (AvgIpc) is 2.93. The molecular weight excluding hydrogens is 304 g/mol. The van der Waals surface area contributed by atoms with Gasteiger partial charge >= 0.3 is 0 Å². The minimum Gasteiger partial charge on any atom is -0.264 e. The Balaban J connectivity index is 1.67. The van der Waals surface area contributed by atoms with Gasteiger partial charge in [-0.15, -0.1) is 11.3 Å². The summed E-state index contributed by atoms with van der Waals surface area (Å²) >= 11 is 1.29. The first-order valence-electron chi connectivity index (χ1n) is 7.16. The monoisotopic (exact) mass is 322 g/mol. The van der Waals surface area contributed by atoms with E-state index in [1.165, 1.54) is 29.8 Å². The molecule has 0 saturated carbocycles. The summed E-state index contributed by atoms with van der Waals surface area (Å²) in [5, 5.41) is 0.873. The molecule has 2 aromatic heterocycles. The highest BCUT2D eigenvalue weighted by atomic mass is 32.2. The minimum absolute atomic E-state index is 0.364. The van der Waals surface area contributed by atoms with Gasteiger partial charge in [0.25, 0.3) is 0 Å². The molecule has 3 rings (SSSR count). The number of hydrogen-bond donors (Lipinski definition) is 1. The van der Waals surface area contributed by atoms with E-state index < -0.39 is 10.0 Å². The topological polar surface area (TPSA) is 59.1 Å². The van der Waals surface area contributed by atoms with Crippen LogP contribution in [0.15, 0.2) is 40.4 Å². The van der Waals surface area contributed by atoms with E-state index in [1.807, 2.05) is 6.07 Å². The molecule has 0 aromatic carbocycles. The van der Waals surface area contributed by atoms with E-state index in [4.69, 9.17) is 0 Å². The van der Waals surface area contributed by atoms with Gasteiger partial charge in [-0.05, 0) is 44.2 Å². The Hall–Kier alpha value is -1.24. The molecule has 1 N–H and O–H groups in total. The lowest BCUT2D eigenvalue weighted by Gasteiger charge is -2.12. The van der Waals surface area contributed by atoms with Crippen LogP contribution in [0.4, 0.5) is 0 Å². The quantitative estimate of drug-likeness (QED) is 0.858. The maximum absolute atomic E-state index is 12.3.